The number of carbonyl (C=O) groups excluding carboxylic acids is 1. The second-order valence-electron chi connectivity index (χ2n) is 12.3. The van der Waals surface area contributed by atoms with Crippen molar-refractivity contribution in [2.24, 2.45) is 0 Å². The van der Waals surface area contributed by atoms with Crippen LogP contribution in [0.2, 0.25) is 0 Å². The third-order valence-corrected chi connectivity index (χ3v) is 8.19. The van der Waals surface area contributed by atoms with E-state index in [1.54, 1.807) is 21.7 Å². The van der Waals surface area contributed by atoms with Crippen LogP contribution in [0.25, 0.3) is 22.3 Å². The molecule has 4 atom stereocenters. The van der Waals surface area contributed by atoms with Crippen molar-refractivity contribution in [1.29, 1.82) is 0 Å². The summed E-state index contributed by atoms with van der Waals surface area (Å²) in [6.07, 6.45) is 2.78. The van der Waals surface area contributed by atoms with Crippen LogP contribution in [0.4, 0.5) is 16.0 Å². The first-order valence-corrected chi connectivity index (χ1v) is 17.1. The number of fused-ring (bicyclic) bond motifs is 2. The van der Waals surface area contributed by atoms with Crippen molar-refractivity contribution >= 4 is 51.8 Å². The highest BCUT2D eigenvalue weighted by Gasteiger charge is 2.35. The Morgan fingerprint density at radius 3 is 2.37 bits per heavy atom. The van der Waals surface area contributed by atoms with Gasteiger partial charge in [0.05, 0.1) is 43.8 Å². The maximum absolute atomic E-state index is 12.3. The van der Waals surface area contributed by atoms with Crippen molar-refractivity contribution in [2.45, 2.75) is 50.3 Å². The molecule has 12 N–H and O–H groups in total. The van der Waals surface area contributed by atoms with Gasteiger partial charge in [-0.25, -0.2) is 29.5 Å². The van der Waals surface area contributed by atoms with Gasteiger partial charge >= 0.3 is 17.6 Å². The minimum atomic E-state index is -1.31. The van der Waals surface area contributed by atoms with Gasteiger partial charge in [0.15, 0.2) is 22.3 Å². The van der Waals surface area contributed by atoms with Gasteiger partial charge < -0.3 is 51.5 Å². The Balaban J connectivity index is 0.000000202. The summed E-state index contributed by atoms with van der Waals surface area (Å²) in [6, 6.07) is 4.86. The highest BCUT2D eigenvalue weighted by molar-refractivity contribution is 5.97. The number of rotatable bonds is 11. The zero-order chi connectivity index (χ0) is 42.8. The number of carboxylic acids is 2. The molecule has 26 heteroatoms. The van der Waals surface area contributed by atoms with E-state index in [0.29, 0.717) is 29.6 Å². The van der Waals surface area contributed by atoms with E-state index in [2.05, 4.69) is 45.5 Å². The second kappa shape index (κ2) is 19.0. The van der Waals surface area contributed by atoms with E-state index < -0.39 is 64.9 Å². The number of aliphatic hydroxyl groups excluding tert-OH is 2. The molecular formula is C33H34FN13O12. The van der Waals surface area contributed by atoms with Crippen LogP contribution >= 0.6 is 0 Å². The topological polar surface area (TPSA) is 392 Å². The first-order chi connectivity index (χ1) is 28.1. The zero-order valence-electron chi connectivity index (χ0n) is 30.2. The number of nitrogen functional groups attached to an aromatic ring is 1. The molecule has 1 aliphatic rings. The summed E-state index contributed by atoms with van der Waals surface area (Å²) >= 11 is 0. The fraction of sp³-hybridized carbons (Fsp3) is 0.273. The standard InChI is InChI=1S/C19H19N7O6.C10H12N4O4.C4H3FN2O2/c20-19-25-15-14(17(30)26-19)23-11(8-22-15)7-21-10-3-1-9(2-4-10)16(29)24-12(18(31)32)5-6-13(27)28;15-2-6-5(16)1-7(18-6)14-4-13-8-9(14)11-3-12-10(8)17;5-2-1-6-4(9)7-3(2)8/h1-4,8,12,21H,5-7H2,(H,24,29)(H,27,28)(H,31,32)(H3,20,22,25,26,30);3-7,15-16H,1-2H2,(H,11,12,17);1H,(H2,6,7,8,9)/t12-;5-,6+,7+;/m00./s1. The van der Waals surface area contributed by atoms with Gasteiger partial charge in [0.25, 0.3) is 22.6 Å². The Morgan fingerprint density at radius 2 is 1.73 bits per heavy atom. The molecule has 0 spiro atoms. The smallest absolute Gasteiger partial charge is 0.326 e. The predicted octanol–water partition coefficient (Wildman–Crippen LogP) is -2.08. The van der Waals surface area contributed by atoms with Crippen molar-refractivity contribution in [3.63, 3.8) is 0 Å². The molecule has 6 aromatic rings. The summed E-state index contributed by atoms with van der Waals surface area (Å²) < 4.78 is 19.1. The number of ether oxygens (including phenoxy) is 1. The van der Waals surface area contributed by atoms with Crippen LogP contribution in [0, 0.1) is 5.82 Å². The third kappa shape index (κ3) is 11.0. The maximum Gasteiger partial charge on any atom is 0.326 e. The Morgan fingerprint density at radius 1 is 0.983 bits per heavy atom. The van der Waals surface area contributed by atoms with Gasteiger partial charge in [-0.2, -0.15) is 9.37 Å². The lowest BCUT2D eigenvalue weighted by Crippen LogP contribution is -2.41. The van der Waals surface area contributed by atoms with Crippen LogP contribution in [0.15, 0.2) is 68.5 Å². The van der Waals surface area contributed by atoms with Crippen molar-refractivity contribution in [1.82, 2.24) is 54.7 Å². The van der Waals surface area contributed by atoms with Gasteiger partial charge in [0.2, 0.25) is 11.8 Å². The average molecular weight is 824 g/mol. The summed E-state index contributed by atoms with van der Waals surface area (Å²) in [6.45, 7) is -0.0209. The maximum atomic E-state index is 12.3. The van der Waals surface area contributed by atoms with E-state index in [1.165, 1.54) is 31.0 Å². The van der Waals surface area contributed by atoms with E-state index in [0.717, 1.165) is 0 Å². The van der Waals surface area contributed by atoms with E-state index >= 15 is 0 Å². The number of carbonyl (C=O) groups is 3. The lowest BCUT2D eigenvalue weighted by atomic mass is 10.1. The van der Waals surface area contributed by atoms with Crippen molar-refractivity contribution in [3.8, 4) is 0 Å². The molecule has 0 unspecified atom stereocenters. The summed E-state index contributed by atoms with van der Waals surface area (Å²) in [7, 11) is 0. The van der Waals surface area contributed by atoms with Gasteiger partial charge in [-0.05, 0) is 30.7 Å². The molecule has 310 valence electrons. The van der Waals surface area contributed by atoms with E-state index in [9.17, 15) is 43.1 Å². The molecule has 25 nitrogen and oxygen atoms in total. The predicted molar refractivity (Wildman–Crippen MR) is 199 cm³/mol. The number of imidazole rings is 1. The molecule has 0 saturated carbocycles. The molecule has 6 heterocycles. The van der Waals surface area contributed by atoms with Gasteiger partial charge in [-0.1, -0.05) is 0 Å². The molecule has 0 aliphatic carbocycles. The largest absolute Gasteiger partial charge is 0.481 e. The first-order valence-electron chi connectivity index (χ1n) is 17.1. The number of amides is 1. The molecule has 1 aliphatic heterocycles. The van der Waals surface area contributed by atoms with Crippen molar-refractivity contribution in [3.05, 3.63) is 108 Å². The second-order valence-corrected chi connectivity index (χ2v) is 12.3. The van der Waals surface area contributed by atoms with Crippen LogP contribution in [-0.4, -0.2) is 113 Å². The number of aliphatic carboxylic acids is 2. The number of aromatic amines is 4. The summed E-state index contributed by atoms with van der Waals surface area (Å²) in [4.78, 5) is 106. The monoisotopic (exact) mass is 823 g/mol. The minimum absolute atomic E-state index is 0.0524. The highest BCUT2D eigenvalue weighted by atomic mass is 19.1. The number of aliphatic hydroxyl groups is 2. The molecular weight excluding hydrogens is 789 g/mol. The fourth-order valence-electron chi connectivity index (χ4n) is 5.27. The van der Waals surface area contributed by atoms with Gasteiger partial charge in [-0.3, -0.25) is 38.5 Å². The van der Waals surface area contributed by atoms with Crippen LogP contribution in [0.3, 0.4) is 0 Å². The molecule has 1 fully saturated rings. The molecule has 1 amide bonds. The normalized spacial score (nSPS) is 16.3. The molecule has 0 bridgehead atoms. The number of nitrogens with zero attached hydrogens (tertiary/aromatic N) is 6. The number of hydrogen-bond donors (Lipinski definition) is 11. The number of nitrogens with two attached hydrogens (primary N) is 1. The SMILES string of the molecule is Nc1nc2ncc(CNc3ccc(C(=O)N[C@@H](CCC(=O)O)C(=O)O)cc3)nc2c(=O)[nH]1.O=c1[nH]cc(F)c(=O)[nH]1.O=c1[nH]cnc2c1ncn2[C@H]1C[C@H](O)[C@@H](CO)O1. The number of benzene rings is 1. The minimum Gasteiger partial charge on any atom is -0.481 e. The van der Waals surface area contributed by atoms with Crippen LogP contribution in [0.5, 0.6) is 0 Å². The van der Waals surface area contributed by atoms with Crippen molar-refractivity contribution in [2.75, 3.05) is 17.7 Å². The molecule has 1 saturated heterocycles. The Bertz CT molecular complexity index is 2700. The summed E-state index contributed by atoms with van der Waals surface area (Å²) in [5.74, 6) is -4.15. The first kappa shape index (κ1) is 42.4. The number of aromatic nitrogens is 10. The molecule has 7 rings (SSSR count). The van der Waals surface area contributed by atoms with Crippen LogP contribution < -0.4 is 38.7 Å². The summed E-state index contributed by atoms with van der Waals surface area (Å²) in [5, 5.41) is 41.9. The fourth-order valence-corrected chi connectivity index (χ4v) is 5.27. The lowest BCUT2D eigenvalue weighted by Gasteiger charge is -2.14. The van der Waals surface area contributed by atoms with Gasteiger partial charge in [-0.15, -0.1) is 0 Å². The number of carboxylic acid groups (broad SMARTS) is 2. The Hall–Kier alpha value is -7.71. The number of anilines is 2. The van der Waals surface area contributed by atoms with Gasteiger partial charge in [0, 0.05) is 30.3 Å². The highest BCUT2D eigenvalue weighted by Crippen LogP contribution is 2.30. The Labute approximate surface area is 326 Å². The molecule has 1 aromatic carbocycles. The molecule has 5 aromatic heterocycles. The van der Waals surface area contributed by atoms with Gasteiger partial charge in [0.1, 0.15) is 18.4 Å². The average Bonchev–Trinajstić information content (AvgIpc) is 3.81. The number of H-pyrrole nitrogens is 4. The lowest BCUT2D eigenvalue weighted by molar-refractivity contribution is -0.140. The molecule has 59 heavy (non-hydrogen) atoms. The van der Waals surface area contributed by atoms with Crippen LogP contribution in [-0.2, 0) is 20.9 Å². The zero-order valence-corrected chi connectivity index (χ0v) is 30.2. The number of nitrogens with one attached hydrogen (secondary N) is 6. The van der Waals surface area contributed by atoms with Crippen molar-refractivity contribution < 1.29 is 43.9 Å². The molecule has 0 radical (unpaired) electrons. The third-order valence-electron chi connectivity index (χ3n) is 8.19. The van der Waals surface area contributed by atoms with E-state index in [-0.39, 0.29) is 59.7 Å². The van der Waals surface area contributed by atoms with E-state index in [1.807, 2.05) is 4.98 Å². The Kier molecular flexibility index (Phi) is 13.6. The number of hydrogen-bond acceptors (Lipinski definition) is 17. The summed E-state index contributed by atoms with van der Waals surface area (Å²) in [5.41, 5.74) is 5.06. The quantitative estimate of drug-likeness (QED) is 0.0667. The van der Waals surface area contributed by atoms with Crippen LogP contribution in [0.1, 0.15) is 41.5 Å². The van der Waals surface area contributed by atoms with E-state index in [4.69, 9.17) is 25.8 Å². The number of halogens is 1.